The number of carboxylic acids is 1. The quantitative estimate of drug-likeness (QED) is 0.317. The predicted octanol–water partition coefficient (Wildman–Crippen LogP) is 1.61. The molecule has 3 amide bonds. The van der Waals surface area contributed by atoms with Gasteiger partial charge in [0.1, 0.15) is 17.3 Å². The van der Waals surface area contributed by atoms with Crippen molar-refractivity contribution in [2.75, 3.05) is 49.6 Å². The highest BCUT2D eigenvalue weighted by Crippen LogP contribution is 2.47. The molecule has 2 N–H and O–H groups in total. The largest absolute Gasteiger partial charge is 0.480 e. The molecular formula is C22H27F3N4O7. The lowest BCUT2D eigenvalue weighted by Gasteiger charge is -2.29. The van der Waals surface area contributed by atoms with Gasteiger partial charge in [0.05, 0.1) is 38.1 Å². The maximum Gasteiger partial charge on any atom is 0.414 e. The van der Waals surface area contributed by atoms with Gasteiger partial charge < -0.3 is 20.1 Å². The third-order valence-electron chi connectivity index (χ3n) is 6.13. The van der Waals surface area contributed by atoms with Crippen LogP contribution >= 0.6 is 0 Å². The van der Waals surface area contributed by atoms with E-state index >= 15 is 4.39 Å². The molecule has 0 unspecified atom stereocenters. The topological polar surface area (TPSA) is 129 Å². The first-order chi connectivity index (χ1) is 17.0. The lowest BCUT2D eigenvalue weighted by Crippen LogP contribution is -2.44. The van der Waals surface area contributed by atoms with E-state index in [2.05, 4.69) is 0 Å². The summed E-state index contributed by atoms with van der Waals surface area (Å²) < 4.78 is 44.7. The number of nitrogens with zero attached hydrogens (tertiary/aromatic N) is 3. The van der Waals surface area contributed by atoms with Crippen LogP contribution in [0.4, 0.5) is 29.3 Å². The molecule has 0 radical (unpaired) electrons. The Morgan fingerprint density at radius 1 is 1.31 bits per heavy atom. The molecule has 11 nitrogen and oxygen atoms in total. The molecule has 36 heavy (non-hydrogen) atoms. The first kappa shape index (κ1) is 27.0. The predicted molar refractivity (Wildman–Crippen MR) is 119 cm³/mol. The number of hydroxylamine groups is 2. The third kappa shape index (κ3) is 5.64. The molecule has 1 aromatic rings. The second-order valence-corrected chi connectivity index (χ2v) is 8.35. The minimum absolute atomic E-state index is 0.0101. The number of ether oxygens (including phenoxy) is 1. The van der Waals surface area contributed by atoms with Crippen molar-refractivity contribution in [3.05, 3.63) is 24.0 Å². The fourth-order valence-corrected chi connectivity index (χ4v) is 3.87. The van der Waals surface area contributed by atoms with Gasteiger partial charge in [-0.3, -0.25) is 24.1 Å². The fourth-order valence-electron chi connectivity index (χ4n) is 3.87. The maximum atomic E-state index is 15.0. The minimum Gasteiger partial charge on any atom is -0.480 e. The highest BCUT2D eigenvalue weighted by molar-refractivity contribution is 6.04. The van der Waals surface area contributed by atoms with Crippen LogP contribution in [0, 0.1) is 11.2 Å². The fraction of sp³-hybridized carbons (Fsp3) is 0.545. The number of likely N-dealkylation sites (N-methyl/N-ethyl adjacent to an activating group) is 1. The molecule has 2 fully saturated rings. The van der Waals surface area contributed by atoms with E-state index in [-0.39, 0.29) is 50.4 Å². The molecule has 0 spiro atoms. The van der Waals surface area contributed by atoms with Gasteiger partial charge in [0.2, 0.25) is 0 Å². The summed E-state index contributed by atoms with van der Waals surface area (Å²) in [6.45, 7) is 1.86. The Morgan fingerprint density at radius 3 is 2.53 bits per heavy atom. The van der Waals surface area contributed by atoms with Crippen molar-refractivity contribution in [3.63, 3.8) is 0 Å². The van der Waals surface area contributed by atoms with E-state index in [1.54, 1.807) is 11.8 Å². The van der Waals surface area contributed by atoms with Crippen molar-refractivity contribution in [1.29, 1.82) is 0 Å². The number of alkyl halides is 2. The lowest BCUT2D eigenvalue weighted by atomic mass is 10.1. The van der Waals surface area contributed by atoms with E-state index in [0.29, 0.717) is 6.54 Å². The SMILES string of the molecule is CCN(CCN(OC)C(=O)C1(C(=O)O)CC1)c1ccc(N2C[C@H](CNC(=O)C(F)F)OC2=O)cc1F. The van der Waals surface area contributed by atoms with Gasteiger partial charge >= 0.3 is 18.5 Å². The van der Waals surface area contributed by atoms with Crippen LogP contribution in [0.15, 0.2) is 18.2 Å². The smallest absolute Gasteiger partial charge is 0.414 e. The number of nitrogens with one attached hydrogen (secondary N) is 1. The van der Waals surface area contributed by atoms with Crippen LogP contribution in [-0.2, 0) is 24.0 Å². The van der Waals surface area contributed by atoms with Crippen molar-refractivity contribution in [2.45, 2.75) is 32.3 Å². The van der Waals surface area contributed by atoms with E-state index in [1.807, 2.05) is 5.32 Å². The molecule has 0 aromatic heterocycles. The average Bonchev–Trinajstić information content (AvgIpc) is 3.58. The highest BCUT2D eigenvalue weighted by Gasteiger charge is 2.59. The number of halogens is 3. The molecule has 198 valence electrons. The Bertz CT molecular complexity index is 1020. The molecule has 1 atom stereocenters. The van der Waals surface area contributed by atoms with E-state index in [9.17, 15) is 33.1 Å². The van der Waals surface area contributed by atoms with Gasteiger partial charge in [-0.05, 0) is 38.0 Å². The van der Waals surface area contributed by atoms with Gasteiger partial charge in [0, 0.05) is 13.1 Å². The van der Waals surface area contributed by atoms with Crippen LogP contribution in [0.1, 0.15) is 19.8 Å². The van der Waals surface area contributed by atoms with Crippen LogP contribution in [-0.4, -0.2) is 86.4 Å². The van der Waals surface area contributed by atoms with Crippen LogP contribution in [0.5, 0.6) is 0 Å². The summed E-state index contributed by atoms with van der Waals surface area (Å²) in [5, 5.41) is 12.3. The van der Waals surface area contributed by atoms with Gasteiger partial charge in [-0.1, -0.05) is 0 Å². The van der Waals surface area contributed by atoms with E-state index in [1.165, 1.54) is 19.2 Å². The number of benzene rings is 1. The average molecular weight is 516 g/mol. The minimum atomic E-state index is -3.19. The van der Waals surface area contributed by atoms with Gasteiger partial charge in [0.25, 0.3) is 11.8 Å². The summed E-state index contributed by atoms with van der Waals surface area (Å²) in [6, 6.07) is 4.03. The van der Waals surface area contributed by atoms with Crippen molar-refractivity contribution in [2.24, 2.45) is 5.41 Å². The van der Waals surface area contributed by atoms with Crippen molar-refractivity contribution < 1.29 is 47.0 Å². The first-order valence-electron chi connectivity index (χ1n) is 11.2. The number of aliphatic carboxylic acids is 1. The van der Waals surface area contributed by atoms with E-state index in [0.717, 1.165) is 16.0 Å². The summed E-state index contributed by atoms with van der Waals surface area (Å²) in [6.07, 6.45) is -4.43. The third-order valence-corrected chi connectivity index (χ3v) is 6.13. The number of carboxylic acid groups (broad SMARTS) is 1. The zero-order valence-electron chi connectivity index (χ0n) is 19.7. The highest BCUT2D eigenvalue weighted by atomic mass is 19.3. The van der Waals surface area contributed by atoms with Gasteiger partial charge in [-0.15, -0.1) is 0 Å². The number of anilines is 2. The van der Waals surface area contributed by atoms with E-state index in [4.69, 9.17) is 9.57 Å². The second kappa shape index (κ2) is 11.0. The molecule has 1 heterocycles. The number of rotatable bonds is 12. The molecule has 1 saturated carbocycles. The zero-order valence-corrected chi connectivity index (χ0v) is 19.7. The Hall–Kier alpha value is -3.55. The standard InChI is InChI=1S/C22H27F3N4O7/c1-3-27(8-9-29(35-2)19(31)22(6-7-22)20(32)33)16-5-4-13(10-15(16)23)28-12-14(36-21(28)34)11-26-18(30)17(24)25/h4-5,10,14,17H,3,6-9,11-12H2,1-2H3,(H,26,30)(H,32,33)/t14-/m0/s1. The van der Waals surface area contributed by atoms with E-state index < -0.39 is 47.6 Å². The number of cyclic esters (lactones) is 1. The molecule has 14 heteroatoms. The summed E-state index contributed by atoms with van der Waals surface area (Å²) in [5.41, 5.74) is -1.12. The molecule has 1 aliphatic carbocycles. The molecule has 1 saturated heterocycles. The maximum absolute atomic E-state index is 15.0. The second-order valence-electron chi connectivity index (χ2n) is 8.35. The Balaban J connectivity index is 1.63. The monoisotopic (exact) mass is 516 g/mol. The Kier molecular flexibility index (Phi) is 8.28. The van der Waals surface area contributed by atoms with Crippen LogP contribution < -0.4 is 15.1 Å². The van der Waals surface area contributed by atoms with Crippen molar-refractivity contribution >= 4 is 35.3 Å². The Labute approximate surface area is 204 Å². The molecule has 3 rings (SSSR count). The summed E-state index contributed by atoms with van der Waals surface area (Å²) in [5.74, 6) is -4.02. The van der Waals surface area contributed by atoms with Crippen LogP contribution in [0.25, 0.3) is 0 Å². The first-order valence-corrected chi connectivity index (χ1v) is 11.2. The number of amides is 3. The van der Waals surface area contributed by atoms with Gasteiger partial charge in [-0.25, -0.2) is 14.2 Å². The summed E-state index contributed by atoms with van der Waals surface area (Å²) in [4.78, 5) is 55.0. The lowest BCUT2D eigenvalue weighted by molar-refractivity contribution is -0.185. The normalized spacial score (nSPS) is 18.1. The number of hydrogen-bond donors (Lipinski definition) is 2. The molecule has 1 aromatic carbocycles. The zero-order chi connectivity index (χ0) is 26.6. The molecule has 1 aliphatic heterocycles. The number of hydrogen-bond acceptors (Lipinski definition) is 7. The number of carbonyl (C=O) groups excluding carboxylic acids is 3. The van der Waals surface area contributed by atoms with Crippen LogP contribution in [0.2, 0.25) is 0 Å². The van der Waals surface area contributed by atoms with Gasteiger partial charge in [-0.2, -0.15) is 8.78 Å². The molecule has 2 aliphatic rings. The number of carbonyl (C=O) groups is 4. The Morgan fingerprint density at radius 2 is 2.00 bits per heavy atom. The summed E-state index contributed by atoms with van der Waals surface area (Å²) >= 11 is 0. The van der Waals surface area contributed by atoms with Crippen LogP contribution in [0.3, 0.4) is 0 Å². The van der Waals surface area contributed by atoms with Gasteiger partial charge in [0.15, 0.2) is 0 Å². The molecular weight excluding hydrogens is 489 g/mol. The molecule has 0 bridgehead atoms. The van der Waals surface area contributed by atoms with Crippen molar-refractivity contribution in [1.82, 2.24) is 10.4 Å². The van der Waals surface area contributed by atoms with Crippen molar-refractivity contribution in [3.8, 4) is 0 Å². The summed E-state index contributed by atoms with van der Waals surface area (Å²) in [7, 11) is 1.25.